The van der Waals surface area contributed by atoms with Gasteiger partial charge < -0.3 is 0 Å². The molecular formula is C12H11N5S. The van der Waals surface area contributed by atoms with Crippen LogP contribution < -0.4 is 11.3 Å². The van der Waals surface area contributed by atoms with Gasteiger partial charge in [-0.15, -0.1) is 5.10 Å². The number of rotatable bonds is 3. The van der Waals surface area contributed by atoms with Crippen molar-refractivity contribution in [1.29, 1.82) is 0 Å². The zero-order valence-corrected chi connectivity index (χ0v) is 10.3. The lowest BCUT2D eigenvalue weighted by Crippen LogP contribution is -2.28. The molecule has 0 aliphatic rings. The quantitative estimate of drug-likeness (QED) is 0.551. The van der Waals surface area contributed by atoms with Gasteiger partial charge >= 0.3 is 0 Å². The van der Waals surface area contributed by atoms with Gasteiger partial charge in [0.25, 0.3) is 0 Å². The average Bonchev–Trinajstić information content (AvgIpc) is 2.94. The molecule has 0 saturated carbocycles. The highest BCUT2D eigenvalue weighted by Gasteiger charge is 2.17. The van der Waals surface area contributed by atoms with Crippen LogP contribution in [0.15, 0.2) is 42.9 Å². The van der Waals surface area contributed by atoms with E-state index in [1.807, 2.05) is 30.5 Å². The van der Waals surface area contributed by atoms with E-state index in [4.69, 9.17) is 5.84 Å². The fourth-order valence-corrected chi connectivity index (χ4v) is 2.61. The minimum Gasteiger partial charge on any atom is -0.271 e. The second-order valence-corrected chi connectivity index (χ2v) is 4.68. The van der Waals surface area contributed by atoms with Gasteiger partial charge in [-0.05, 0) is 28.5 Å². The second-order valence-electron chi connectivity index (χ2n) is 3.86. The Morgan fingerprint density at radius 3 is 2.94 bits per heavy atom. The second kappa shape index (κ2) is 4.77. The van der Waals surface area contributed by atoms with E-state index in [1.54, 1.807) is 12.4 Å². The third-order valence-electron chi connectivity index (χ3n) is 2.86. The normalized spacial score (nSPS) is 12.7. The van der Waals surface area contributed by atoms with E-state index in [1.165, 1.54) is 11.5 Å². The summed E-state index contributed by atoms with van der Waals surface area (Å²) in [5.74, 6) is 5.67. The predicted octanol–water partition coefficient (Wildman–Crippen LogP) is 1.64. The molecule has 2 aromatic heterocycles. The maximum absolute atomic E-state index is 5.67. The Bertz CT molecular complexity index is 647. The van der Waals surface area contributed by atoms with Crippen molar-refractivity contribution < 1.29 is 0 Å². The standard InChI is InChI=1S/C12H11N5S/c13-16-12(11-7-15-17-18-11)10-3-1-2-8-6-14-5-4-9(8)10/h1-7,12,16H,13H2. The van der Waals surface area contributed by atoms with Crippen molar-refractivity contribution in [3.63, 3.8) is 0 Å². The van der Waals surface area contributed by atoms with Crippen LogP contribution in [0.4, 0.5) is 0 Å². The van der Waals surface area contributed by atoms with E-state index in [0.717, 1.165) is 21.2 Å². The van der Waals surface area contributed by atoms with Crippen LogP contribution >= 0.6 is 11.5 Å². The van der Waals surface area contributed by atoms with E-state index < -0.39 is 0 Å². The molecule has 0 spiro atoms. The average molecular weight is 257 g/mol. The number of hydrazine groups is 1. The summed E-state index contributed by atoms with van der Waals surface area (Å²) < 4.78 is 3.88. The molecule has 3 rings (SSSR count). The summed E-state index contributed by atoms with van der Waals surface area (Å²) in [5.41, 5.74) is 3.92. The van der Waals surface area contributed by atoms with Crippen LogP contribution in [0.25, 0.3) is 10.8 Å². The summed E-state index contributed by atoms with van der Waals surface area (Å²) in [7, 11) is 0. The van der Waals surface area contributed by atoms with E-state index in [2.05, 4.69) is 20.0 Å². The molecule has 90 valence electrons. The lowest BCUT2D eigenvalue weighted by atomic mass is 10.00. The molecule has 0 aliphatic carbocycles. The Balaban J connectivity index is 2.18. The minimum absolute atomic E-state index is 0.101. The van der Waals surface area contributed by atoms with Gasteiger partial charge in [0.2, 0.25) is 0 Å². The van der Waals surface area contributed by atoms with Crippen LogP contribution in [0.2, 0.25) is 0 Å². The lowest BCUT2D eigenvalue weighted by Gasteiger charge is -2.15. The first-order chi connectivity index (χ1) is 8.90. The van der Waals surface area contributed by atoms with Gasteiger partial charge in [-0.2, -0.15) is 0 Å². The molecular weight excluding hydrogens is 246 g/mol. The number of aromatic nitrogens is 3. The van der Waals surface area contributed by atoms with Crippen molar-refractivity contribution in [1.82, 2.24) is 20.0 Å². The molecule has 5 nitrogen and oxygen atoms in total. The number of nitrogens with two attached hydrogens (primary N) is 1. The van der Waals surface area contributed by atoms with Crippen molar-refractivity contribution in [3.05, 3.63) is 53.3 Å². The number of nitrogens with zero attached hydrogens (tertiary/aromatic N) is 3. The molecule has 3 N–H and O–H groups in total. The Hall–Kier alpha value is -1.89. The molecule has 18 heavy (non-hydrogen) atoms. The van der Waals surface area contributed by atoms with Gasteiger partial charge in [-0.1, -0.05) is 22.7 Å². The van der Waals surface area contributed by atoms with E-state index >= 15 is 0 Å². The molecule has 0 fully saturated rings. The Kier molecular flexibility index (Phi) is 2.97. The van der Waals surface area contributed by atoms with Crippen LogP contribution in [-0.2, 0) is 0 Å². The SMILES string of the molecule is NNC(c1cnns1)c1cccc2cnccc12. The smallest absolute Gasteiger partial charge is 0.0840 e. The maximum atomic E-state index is 5.67. The Labute approximate surface area is 108 Å². The first kappa shape index (κ1) is 11.2. The van der Waals surface area contributed by atoms with Crippen molar-refractivity contribution in [2.45, 2.75) is 6.04 Å². The number of pyridine rings is 1. The molecule has 1 unspecified atom stereocenters. The Morgan fingerprint density at radius 2 is 2.17 bits per heavy atom. The molecule has 0 bridgehead atoms. The fraction of sp³-hybridized carbons (Fsp3) is 0.0833. The van der Waals surface area contributed by atoms with E-state index in [0.29, 0.717) is 0 Å². The molecule has 0 radical (unpaired) electrons. The van der Waals surface area contributed by atoms with E-state index in [9.17, 15) is 0 Å². The maximum Gasteiger partial charge on any atom is 0.0840 e. The highest BCUT2D eigenvalue weighted by atomic mass is 32.1. The topological polar surface area (TPSA) is 76.7 Å². The van der Waals surface area contributed by atoms with Gasteiger partial charge in [-0.25, -0.2) is 5.43 Å². The highest BCUT2D eigenvalue weighted by molar-refractivity contribution is 7.05. The molecule has 0 saturated heterocycles. The third kappa shape index (κ3) is 1.86. The number of hydrogen-bond acceptors (Lipinski definition) is 6. The number of benzene rings is 1. The minimum atomic E-state index is -0.101. The molecule has 1 aromatic carbocycles. The number of fused-ring (bicyclic) bond motifs is 1. The number of nitrogens with one attached hydrogen (secondary N) is 1. The molecule has 1 atom stereocenters. The first-order valence-electron chi connectivity index (χ1n) is 5.46. The first-order valence-corrected chi connectivity index (χ1v) is 6.23. The Morgan fingerprint density at radius 1 is 1.22 bits per heavy atom. The molecule has 3 aromatic rings. The summed E-state index contributed by atoms with van der Waals surface area (Å²) in [4.78, 5) is 5.12. The van der Waals surface area contributed by atoms with Crippen LogP contribution in [-0.4, -0.2) is 14.6 Å². The fourth-order valence-electron chi connectivity index (χ4n) is 2.03. The van der Waals surface area contributed by atoms with Crippen LogP contribution in [0.5, 0.6) is 0 Å². The zero-order valence-electron chi connectivity index (χ0n) is 9.45. The van der Waals surface area contributed by atoms with Crippen molar-refractivity contribution >= 4 is 22.3 Å². The zero-order chi connectivity index (χ0) is 12.4. The number of hydrogen-bond donors (Lipinski definition) is 2. The molecule has 2 heterocycles. The van der Waals surface area contributed by atoms with Gasteiger partial charge in [-0.3, -0.25) is 10.8 Å². The summed E-state index contributed by atoms with van der Waals surface area (Å²) in [6, 6.07) is 7.97. The summed E-state index contributed by atoms with van der Waals surface area (Å²) in [6.45, 7) is 0. The summed E-state index contributed by atoms with van der Waals surface area (Å²) in [5, 5.41) is 6.08. The van der Waals surface area contributed by atoms with E-state index in [-0.39, 0.29) is 6.04 Å². The molecule has 6 heteroatoms. The van der Waals surface area contributed by atoms with Gasteiger partial charge in [0, 0.05) is 17.8 Å². The van der Waals surface area contributed by atoms with Crippen LogP contribution in [0, 0.1) is 0 Å². The van der Waals surface area contributed by atoms with Gasteiger partial charge in [0.1, 0.15) is 0 Å². The summed E-state index contributed by atoms with van der Waals surface area (Å²) >= 11 is 1.34. The monoisotopic (exact) mass is 257 g/mol. The largest absolute Gasteiger partial charge is 0.271 e. The summed E-state index contributed by atoms with van der Waals surface area (Å²) in [6.07, 6.45) is 5.36. The van der Waals surface area contributed by atoms with Crippen molar-refractivity contribution in [3.8, 4) is 0 Å². The van der Waals surface area contributed by atoms with Gasteiger partial charge in [0.05, 0.1) is 17.1 Å². The molecule has 0 aliphatic heterocycles. The third-order valence-corrected chi connectivity index (χ3v) is 3.58. The highest BCUT2D eigenvalue weighted by Crippen LogP contribution is 2.28. The van der Waals surface area contributed by atoms with Crippen molar-refractivity contribution in [2.24, 2.45) is 5.84 Å². The lowest BCUT2D eigenvalue weighted by molar-refractivity contribution is 0.649. The van der Waals surface area contributed by atoms with Gasteiger partial charge in [0.15, 0.2) is 0 Å². The van der Waals surface area contributed by atoms with Crippen LogP contribution in [0.1, 0.15) is 16.5 Å². The predicted molar refractivity (Wildman–Crippen MR) is 70.8 cm³/mol. The van der Waals surface area contributed by atoms with Crippen LogP contribution in [0.3, 0.4) is 0 Å². The molecule has 0 amide bonds. The van der Waals surface area contributed by atoms with Crippen molar-refractivity contribution in [2.75, 3.05) is 0 Å².